The van der Waals surface area contributed by atoms with E-state index in [0.717, 1.165) is 65.9 Å². The van der Waals surface area contributed by atoms with Crippen LogP contribution in [0.1, 0.15) is 24.2 Å². The highest BCUT2D eigenvalue weighted by Gasteiger charge is 2.18. The van der Waals surface area contributed by atoms with Crippen LogP contribution in [0.2, 0.25) is 0 Å². The molecule has 6 N–H and O–H groups in total. The average Bonchev–Trinajstić information content (AvgIpc) is 3.41. The fourth-order valence-corrected chi connectivity index (χ4v) is 3.44. The highest BCUT2D eigenvalue weighted by atomic mass is 127. The summed E-state index contributed by atoms with van der Waals surface area (Å²) in [4.78, 5) is 16.4. The molecule has 10 nitrogen and oxygen atoms in total. The van der Waals surface area contributed by atoms with Crippen molar-refractivity contribution in [2.24, 2.45) is 0 Å². The Morgan fingerprint density at radius 2 is 1.50 bits per heavy atom. The van der Waals surface area contributed by atoms with Crippen molar-refractivity contribution in [1.29, 1.82) is 0 Å². The van der Waals surface area contributed by atoms with Gasteiger partial charge in [0.1, 0.15) is 11.6 Å². The van der Waals surface area contributed by atoms with E-state index in [1.807, 2.05) is 19.9 Å². The van der Waals surface area contributed by atoms with Gasteiger partial charge < -0.3 is 31.6 Å². The van der Waals surface area contributed by atoms with E-state index in [0.29, 0.717) is 24.0 Å². The molecule has 0 spiro atoms. The summed E-state index contributed by atoms with van der Waals surface area (Å²) in [6.45, 7) is 6.93. The summed E-state index contributed by atoms with van der Waals surface area (Å²) in [5, 5.41) is 6.59. The number of ether oxygens (including phenoxy) is 2. The van der Waals surface area contributed by atoms with Gasteiger partial charge in [-0.3, -0.25) is 0 Å². The lowest BCUT2D eigenvalue weighted by molar-refractivity contribution is 0.195. The summed E-state index contributed by atoms with van der Waals surface area (Å²) in [5.41, 5.74) is 12.9. The summed E-state index contributed by atoms with van der Waals surface area (Å²) in [7, 11) is 4.61. The van der Waals surface area contributed by atoms with Crippen molar-refractivity contribution in [2.45, 2.75) is 38.8 Å². The quantitative estimate of drug-likeness (QED) is 0.346. The number of halogens is 4. The van der Waals surface area contributed by atoms with Gasteiger partial charge in [-0.1, -0.05) is 0 Å². The second-order valence-corrected chi connectivity index (χ2v) is 8.07. The molecule has 2 atom stereocenters. The maximum Gasteiger partial charge on any atom is 0.222 e. The molecule has 2 aliphatic rings. The van der Waals surface area contributed by atoms with Gasteiger partial charge in [0.2, 0.25) is 11.9 Å². The van der Waals surface area contributed by atoms with E-state index in [1.54, 1.807) is 21.5 Å². The number of aryl methyl sites for hydroxylation is 2. The number of rotatable bonds is 4. The minimum atomic E-state index is 0. The summed E-state index contributed by atoms with van der Waals surface area (Å²) in [6, 6.07) is 2.57. The Kier molecular flexibility index (Phi) is 14.0. The van der Waals surface area contributed by atoms with Crippen molar-refractivity contribution >= 4 is 88.9 Å². The molecule has 32 heavy (non-hydrogen) atoms. The number of hydrogen-bond donors (Lipinski definition) is 4. The Balaban J connectivity index is 0.000000289. The number of nitrogens with zero attached hydrogens (tertiary/aromatic N) is 4. The van der Waals surface area contributed by atoms with Crippen LogP contribution in [0.4, 0.5) is 23.5 Å². The van der Waals surface area contributed by atoms with Crippen LogP contribution in [0, 0.1) is 17.4 Å². The Hall–Kier alpha value is -0.680. The number of anilines is 4. The maximum absolute atomic E-state index is 5.61. The van der Waals surface area contributed by atoms with Crippen LogP contribution in [0.25, 0.3) is 0 Å². The van der Waals surface area contributed by atoms with Crippen molar-refractivity contribution in [3.63, 3.8) is 0 Å². The zero-order valence-corrected chi connectivity index (χ0v) is 23.7. The second-order valence-electron chi connectivity index (χ2n) is 6.99. The number of nitrogen functional groups attached to an aromatic ring is 2. The summed E-state index contributed by atoms with van der Waals surface area (Å²) >= 11 is 3.85. The number of nitrogens with one attached hydrogen (secondary N) is 2. The molecular formula is C18H28Cl2I2N8O2. The van der Waals surface area contributed by atoms with E-state index >= 15 is 0 Å². The van der Waals surface area contributed by atoms with Crippen LogP contribution in [-0.4, -0.2) is 58.4 Å². The van der Waals surface area contributed by atoms with Gasteiger partial charge in [0.15, 0.2) is 0 Å². The molecule has 0 amide bonds. The zero-order valence-electron chi connectivity index (χ0n) is 17.8. The highest BCUT2D eigenvalue weighted by molar-refractivity contribution is 14.1. The molecular weight excluding hydrogens is 685 g/mol. The lowest BCUT2D eigenvalue weighted by Crippen LogP contribution is -2.21. The number of aromatic nitrogens is 4. The molecule has 0 aromatic carbocycles. The van der Waals surface area contributed by atoms with Gasteiger partial charge in [0.25, 0.3) is 0 Å². The fourth-order valence-electron chi connectivity index (χ4n) is 3.04. The topological polar surface area (TPSA) is 146 Å². The van der Waals surface area contributed by atoms with Gasteiger partial charge in [0.05, 0.1) is 34.6 Å². The molecule has 2 fully saturated rings. The third kappa shape index (κ3) is 9.67. The van der Waals surface area contributed by atoms with Crippen LogP contribution in [0.15, 0.2) is 6.07 Å². The fraction of sp³-hybridized carbons (Fsp3) is 0.556. The van der Waals surface area contributed by atoms with E-state index in [2.05, 4.69) is 62.1 Å². The minimum absolute atomic E-state index is 0. The molecule has 2 aromatic rings. The Bertz CT molecular complexity index is 821. The lowest BCUT2D eigenvalue weighted by Gasteiger charge is -2.13. The molecule has 0 bridgehead atoms. The van der Waals surface area contributed by atoms with Gasteiger partial charge in [-0.15, -0.1) is 12.4 Å². The Labute approximate surface area is 225 Å². The molecule has 14 heteroatoms. The van der Waals surface area contributed by atoms with Crippen LogP contribution < -0.4 is 22.1 Å². The molecule has 2 unspecified atom stereocenters. The molecule has 0 saturated carbocycles. The average molecular weight is 713 g/mol. The summed E-state index contributed by atoms with van der Waals surface area (Å²) < 4.78 is 11.6. The zero-order chi connectivity index (χ0) is 22.8. The molecule has 0 aliphatic carbocycles. The lowest BCUT2D eigenvalue weighted by atomic mass is 10.2. The first kappa shape index (κ1) is 29.4. The minimum Gasteiger partial charge on any atom is -0.379 e. The SMILES string of the molecule is Cc1cc(NC2CCOC2)nc(N)n1.Cc1nc(N)nc(NC2CCOC2)c1I.Cl.ClI. The monoisotopic (exact) mass is 712 g/mol. The van der Waals surface area contributed by atoms with Crippen LogP contribution in [0.3, 0.4) is 0 Å². The predicted octanol–water partition coefficient (Wildman–Crippen LogP) is 3.74. The van der Waals surface area contributed by atoms with Gasteiger partial charge >= 0.3 is 0 Å². The summed E-state index contributed by atoms with van der Waals surface area (Å²) in [6.07, 6.45) is 2.03. The third-order valence-corrected chi connectivity index (χ3v) is 5.75. The van der Waals surface area contributed by atoms with Crippen LogP contribution >= 0.6 is 65.4 Å². The van der Waals surface area contributed by atoms with Crippen molar-refractivity contribution in [2.75, 3.05) is 48.5 Å². The first-order valence-electron chi connectivity index (χ1n) is 9.64. The predicted molar refractivity (Wildman–Crippen MR) is 148 cm³/mol. The van der Waals surface area contributed by atoms with E-state index in [-0.39, 0.29) is 12.4 Å². The van der Waals surface area contributed by atoms with Gasteiger partial charge in [-0.25, -0.2) is 9.97 Å². The Morgan fingerprint density at radius 3 is 2.03 bits per heavy atom. The first-order chi connectivity index (χ1) is 14.9. The number of hydrogen-bond acceptors (Lipinski definition) is 10. The van der Waals surface area contributed by atoms with Crippen molar-refractivity contribution in [1.82, 2.24) is 19.9 Å². The maximum atomic E-state index is 5.61. The normalized spacial score (nSPS) is 19.0. The molecule has 180 valence electrons. The molecule has 0 radical (unpaired) electrons. The van der Waals surface area contributed by atoms with Crippen LogP contribution in [0.5, 0.6) is 0 Å². The van der Waals surface area contributed by atoms with E-state index in [9.17, 15) is 0 Å². The molecule has 4 rings (SSSR count). The van der Waals surface area contributed by atoms with Crippen molar-refractivity contribution in [3.8, 4) is 0 Å². The van der Waals surface area contributed by atoms with Crippen LogP contribution in [-0.2, 0) is 9.47 Å². The second kappa shape index (κ2) is 15.3. The van der Waals surface area contributed by atoms with Gasteiger partial charge in [-0.05, 0) is 58.2 Å². The van der Waals surface area contributed by atoms with Crippen molar-refractivity contribution in [3.05, 3.63) is 21.0 Å². The van der Waals surface area contributed by atoms with Crippen molar-refractivity contribution < 1.29 is 9.47 Å². The number of nitrogens with two attached hydrogens (primary N) is 2. The van der Waals surface area contributed by atoms with E-state index in [4.69, 9.17) is 20.9 Å². The van der Waals surface area contributed by atoms with E-state index < -0.39 is 0 Å². The van der Waals surface area contributed by atoms with E-state index in [1.165, 1.54) is 0 Å². The molecule has 2 saturated heterocycles. The molecule has 2 aliphatic heterocycles. The molecule has 2 aromatic heterocycles. The third-order valence-electron chi connectivity index (χ3n) is 4.46. The smallest absolute Gasteiger partial charge is 0.222 e. The Morgan fingerprint density at radius 1 is 0.938 bits per heavy atom. The van der Waals surface area contributed by atoms with Gasteiger partial charge in [-0.2, -0.15) is 9.97 Å². The first-order valence-corrected chi connectivity index (χ1v) is 13.5. The standard InChI is InChI=1S/C9H13IN4O.C9H14N4O.ClI.ClH/c1-5-7(10)8(14-9(11)12-5)13-6-2-3-15-4-6;1-6-4-8(13-9(10)11-6)12-7-2-3-14-5-7;1-2;/h6H,2-4H2,1H3,(H3,11,12,13,14);4,7H,2-3,5H2,1H3,(H3,10,11,12,13);;1H. The molecule has 4 heterocycles. The highest BCUT2D eigenvalue weighted by Crippen LogP contribution is 2.21. The summed E-state index contributed by atoms with van der Waals surface area (Å²) in [5.74, 6) is 2.22. The largest absolute Gasteiger partial charge is 0.379 e. The van der Waals surface area contributed by atoms with Gasteiger partial charge in [0, 0.05) is 46.4 Å².